The van der Waals surface area contributed by atoms with Crippen molar-refractivity contribution in [3.8, 4) is 11.1 Å². The summed E-state index contributed by atoms with van der Waals surface area (Å²) in [5, 5.41) is 1.09. The molecule has 0 bridgehead atoms. The van der Waals surface area contributed by atoms with Gasteiger partial charge in [0, 0.05) is 34.9 Å². The number of anilines is 2. The van der Waals surface area contributed by atoms with Crippen LogP contribution in [0.2, 0.25) is 5.02 Å². The Balaban J connectivity index is 0.000000301. The summed E-state index contributed by atoms with van der Waals surface area (Å²) < 4.78 is 32.4. The highest BCUT2D eigenvalue weighted by Crippen LogP contribution is 2.34. The number of nitrogens with zero attached hydrogens (tertiary/aromatic N) is 4. The fourth-order valence-corrected chi connectivity index (χ4v) is 5.18. The highest BCUT2D eigenvalue weighted by Gasteiger charge is 2.17. The predicted molar refractivity (Wildman–Crippen MR) is 149 cm³/mol. The number of rotatable bonds is 5. The SMILES string of the molecule is CN(C)C1CCCCC1.Nc1ncc2cc(-c3c(F)ccc(NSc4cncc(Cl)c4)c3F)ccc2n1. The van der Waals surface area contributed by atoms with Gasteiger partial charge in [-0.3, -0.25) is 4.98 Å². The van der Waals surface area contributed by atoms with Crippen LogP contribution in [0.5, 0.6) is 0 Å². The molecule has 0 radical (unpaired) electrons. The van der Waals surface area contributed by atoms with Crippen LogP contribution in [0.1, 0.15) is 32.1 Å². The summed E-state index contributed by atoms with van der Waals surface area (Å²) >= 11 is 7.02. The van der Waals surface area contributed by atoms with Crippen molar-refractivity contribution in [3.63, 3.8) is 0 Å². The summed E-state index contributed by atoms with van der Waals surface area (Å²) in [4.78, 5) is 15.0. The number of nitrogen functional groups attached to an aromatic ring is 1. The molecule has 6 nitrogen and oxygen atoms in total. The summed E-state index contributed by atoms with van der Waals surface area (Å²) in [5.74, 6) is -1.25. The zero-order chi connectivity index (χ0) is 26.4. The molecule has 1 fully saturated rings. The first-order valence-corrected chi connectivity index (χ1v) is 13.2. The third kappa shape index (κ3) is 7.06. The Hall–Kier alpha value is -3.01. The average Bonchev–Trinajstić information content (AvgIpc) is 2.89. The fraction of sp³-hybridized carbons (Fsp3) is 0.296. The molecule has 2 aromatic carbocycles. The molecular weight excluding hydrogens is 514 g/mol. The van der Waals surface area contributed by atoms with Gasteiger partial charge in [-0.1, -0.05) is 36.9 Å². The largest absolute Gasteiger partial charge is 0.368 e. The van der Waals surface area contributed by atoms with Crippen LogP contribution in [-0.2, 0) is 0 Å². The Morgan fingerprint density at radius 2 is 1.81 bits per heavy atom. The lowest BCUT2D eigenvalue weighted by Gasteiger charge is -2.27. The van der Waals surface area contributed by atoms with Crippen LogP contribution in [0, 0.1) is 11.6 Å². The van der Waals surface area contributed by atoms with Crippen molar-refractivity contribution in [1.29, 1.82) is 0 Å². The molecule has 1 saturated carbocycles. The van der Waals surface area contributed by atoms with Crippen LogP contribution < -0.4 is 10.5 Å². The summed E-state index contributed by atoms with van der Waals surface area (Å²) in [6, 6.07) is 9.98. The van der Waals surface area contributed by atoms with Crippen molar-refractivity contribution < 1.29 is 8.78 Å². The Labute approximate surface area is 224 Å². The molecule has 1 aliphatic rings. The first-order valence-electron chi connectivity index (χ1n) is 12.0. The predicted octanol–water partition coefficient (Wildman–Crippen LogP) is 7.21. The Bertz CT molecular complexity index is 1360. The molecule has 37 heavy (non-hydrogen) atoms. The molecule has 0 spiro atoms. The van der Waals surface area contributed by atoms with Gasteiger partial charge in [0.05, 0.1) is 21.8 Å². The normalized spacial score (nSPS) is 13.9. The zero-order valence-corrected chi connectivity index (χ0v) is 22.3. The summed E-state index contributed by atoms with van der Waals surface area (Å²) in [5.41, 5.74) is 6.52. The van der Waals surface area contributed by atoms with Crippen molar-refractivity contribution in [2.45, 2.75) is 43.0 Å². The van der Waals surface area contributed by atoms with E-state index < -0.39 is 11.6 Å². The van der Waals surface area contributed by atoms with Crippen LogP contribution >= 0.6 is 23.5 Å². The second-order valence-corrected chi connectivity index (χ2v) is 10.4. The first-order chi connectivity index (χ1) is 17.8. The number of pyridine rings is 1. The molecule has 4 aromatic rings. The van der Waals surface area contributed by atoms with E-state index in [0.717, 1.165) is 18.0 Å². The quantitative estimate of drug-likeness (QED) is 0.258. The van der Waals surface area contributed by atoms with Gasteiger partial charge >= 0.3 is 0 Å². The maximum absolute atomic E-state index is 15.1. The molecule has 0 aliphatic heterocycles. The summed E-state index contributed by atoms with van der Waals surface area (Å²) in [6.07, 6.45) is 11.8. The minimum Gasteiger partial charge on any atom is -0.368 e. The second-order valence-electron chi connectivity index (χ2n) is 9.08. The standard InChI is InChI=1S/C19H12ClF2N5S.C8H17N/c20-12-6-13(9-24-8-12)28-27-16-4-2-14(21)17(18(16)22)10-1-3-15-11(5-10)7-25-19(23)26-15;1-9(2)8-6-4-3-5-7-8/h1-9,27H,(H2,23,25,26);8H,3-7H2,1-2H3. The molecule has 0 unspecified atom stereocenters. The zero-order valence-electron chi connectivity index (χ0n) is 20.7. The molecule has 5 rings (SSSR count). The topological polar surface area (TPSA) is 80.0 Å². The van der Waals surface area contributed by atoms with Gasteiger partial charge in [0.25, 0.3) is 0 Å². The number of aromatic nitrogens is 3. The molecule has 10 heteroatoms. The van der Waals surface area contributed by atoms with Gasteiger partial charge in [-0.25, -0.2) is 18.7 Å². The van der Waals surface area contributed by atoms with E-state index in [4.69, 9.17) is 17.3 Å². The summed E-state index contributed by atoms with van der Waals surface area (Å²) in [7, 11) is 4.38. The van der Waals surface area contributed by atoms with Crippen LogP contribution in [0.4, 0.5) is 20.4 Å². The number of nitrogens with one attached hydrogen (secondary N) is 1. The van der Waals surface area contributed by atoms with Gasteiger partial charge in [-0.05, 0) is 74.8 Å². The maximum atomic E-state index is 15.1. The van der Waals surface area contributed by atoms with Crippen LogP contribution in [0.25, 0.3) is 22.0 Å². The van der Waals surface area contributed by atoms with Crippen LogP contribution in [0.15, 0.2) is 59.9 Å². The van der Waals surface area contributed by atoms with E-state index in [-0.39, 0.29) is 17.2 Å². The number of hydrogen-bond donors (Lipinski definition) is 2. The van der Waals surface area contributed by atoms with E-state index in [1.165, 1.54) is 56.6 Å². The molecule has 3 N–H and O–H groups in total. The Kier molecular flexibility index (Phi) is 9.13. The van der Waals surface area contributed by atoms with Crippen molar-refractivity contribution in [1.82, 2.24) is 19.9 Å². The third-order valence-electron chi connectivity index (χ3n) is 6.24. The van der Waals surface area contributed by atoms with Gasteiger partial charge in [-0.2, -0.15) is 0 Å². The lowest BCUT2D eigenvalue weighted by atomic mass is 9.95. The third-order valence-corrected chi connectivity index (χ3v) is 7.23. The van der Waals surface area contributed by atoms with E-state index in [2.05, 4.69) is 38.7 Å². The molecule has 2 heterocycles. The van der Waals surface area contributed by atoms with Gasteiger partial charge in [0.15, 0.2) is 5.82 Å². The van der Waals surface area contributed by atoms with E-state index >= 15 is 4.39 Å². The number of halogens is 3. The Morgan fingerprint density at radius 1 is 1.03 bits per heavy atom. The second kappa shape index (κ2) is 12.5. The summed E-state index contributed by atoms with van der Waals surface area (Å²) in [6.45, 7) is 0. The van der Waals surface area contributed by atoms with E-state index in [1.807, 2.05) is 0 Å². The number of benzene rings is 2. The molecule has 0 atom stereocenters. The van der Waals surface area contributed by atoms with E-state index in [1.54, 1.807) is 30.5 Å². The minimum absolute atomic E-state index is 0.134. The number of fused-ring (bicyclic) bond motifs is 1. The van der Waals surface area contributed by atoms with Crippen LogP contribution in [0.3, 0.4) is 0 Å². The average molecular weight is 543 g/mol. The molecule has 194 valence electrons. The monoisotopic (exact) mass is 542 g/mol. The van der Waals surface area contributed by atoms with Crippen molar-refractivity contribution in [3.05, 3.63) is 71.6 Å². The molecule has 1 aliphatic carbocycles. The number of nitrogens with two attached hydrogens (primary N) is 1. The lowest BCUT2D eigenvalue weighted by molar-refractivity contribution is 0.229. The minimum atomic E-state index is -0.710. The highest BCUT2D eigenvalue weighted by atomic mass is 35.5. The molecule has 2 aromatic heterocycles. The smallest absolute Gasteiger partial charge is 0.220 e. The fourth-order valence-electron chi connectivity index (χ4n) is 4.26. The lowest BCUT2D eigenvalue weighted by Crippen LogP contribution is -2.29. The van der Waals surface area contributed by atoms with Gasteiger partial charge < -0.3 is 15.4 Å². The molecule has 0 saturated heterocycles. The van der Waals surface area contributed by atoms with Gasteiger partial charge in [0.2, 0.25) is 5.95 Å². The van der Waals surface area contributed by atoms with E-state index in [0.29, 0.717) is 26.4 Å². The van der Waals surface area contributed by atoms with Crippen molar-refractivity contribution in [2.75, 3.05) is 24.6 Å². The van der Waals surface area contributed by atoms with Gasteiger partial charge in [-0.15, -0.1) is 0 Å². The van der Waals surface area contributed by atoms with E-state index in [9.17, 15) is 4.39 Å². The Morgan fingerprint density at radius 3 is 2.51 bits per heavy atom. The first kappa shape index (κ1) is 27.0. The van der Waals surface area contributed by atoms with Gasteiger partial charge in [0.1, 0.15) is 5.82 Å². The highest BCUT2D eigenvalue weighted by molar-refractivity contribution is 8.00. The maximum Gasteiger partial charge on any atom is 0.220 e. The van der Waals surface area contributed by atoms with Crippen molar-refractivity contribution >= 4 is 46.1 Å². The van der Waals surface area contributed by atoms with Crippen LogP contribution in [-0.4, -0.2) is 40.0 Å². The van der Waals surface area contributed by atoms with Crippen molar-refractivity contribution in [2.24, 2.45) is 0 Å². The molecule has 0 amide bonds. The number of hydrogen-bond acceptors (Lipinski definition) is 7. The molecular formula is C27H29ClF2N6S.